The third-order valence-corrected chi connectivity index (χ3v) is 4.11. The molecule has 1 aromatic carbocycles. The van der Waals surface area contributed by atoms with Gasteiger partial charge in [0.25, 0.3) is 5.91 Å². The molecule has 0 aliphatic heterocycles. The summed E-state index contributed by atoms with van der Waals surface area (Å²) in [6, 6.07) is 5.17. The average Bonchev–Trinajstić information content (AvgIpc) is 2.78. The van der Waals surface area contributed by atoms with Crippen molar-refractivity contribution < 1.29 is 4.79 Å². The van der Waals surface area contributed by atoms with Crippen molar-refractivity contribution in [2.24, 2.45) is 0 Å². The zero-order valence-electron chi connectivity index (χ0n) is 11.6. The van der Waals surface area contributed by atoms with Gasteiger partial charge >= 0.3 is 0 Å². The first kappa shape index (κ1) is 14.8. The molecule has 0 aliphatic carbocycles. The highest BCUT2D eigenvalue weighted by atomic mass is 35.5. The molecule has 1 aromatic heterocycles. The second-order valence-corrected chi connectivity index (χ2v) is 5.91. The molecule has 0 atom stereocenters. The number of hydrogen-bond acceptors (Lipinski definition) is 4. The molecule has 106 valence electrons. The van der Waals surface area contributed by atoms with E-state index in [1.165, 1.54) is 11.3 Å². The van der Waals surface area contributed by atoms with Crippen LogP contribution in [0.1, 0.15) is 27.9 Å². The van der Waals surface area contributed by atoms with Crippen molar-refractivity contribution in [2.45, 2.75) is 20.3 Å². The smallest absolute Gasteiger partial charge is 0.259 e. The molecule has 1 amide bonds. The molecular formula is C14H16ClN3OS. The Balaban J connectivity index is 2.25. The zero-order chi connectivity index (χ0) is 14.7. The number of nitrogens with one attached hydrogen (secondary N) is 2. The summed E-state index contributed by atoms with van der Waals surface area (Å²) in [6.07, 6.45) is 0.858. The standard InChI is InChI=1S/C14H16ClN3OS/c1-4-11-8(2)20-14(17-11)18-13(19)10-7-9(15)5-6-12(10)16-3/h5-7,16H,4H2,1-3H3,(H,17,18,19). The van der Waals surface area contributed by atoms with Gasteiger partial charge in [-0.2, -0.15) is 0 Å². The predicted molar refractivity (Wildman–Crippen MR) is 85.2 cm³/mol. The molecule has 0 fully saturated rings. The Hall–Kier alpha value is -1.59. The first-order chi connectivity index (χ1) is 9.55. The van der Waals surface area contributed by atoms with Crippen LogP contribution in [0.3, 0.4) is 0 Å². The van der Waals surface area contributed by atoms with Crippen molar-refractivity contribution in [3.8, 4) is 0 Å². The van der Waals surface area contributed by atoms with E-state index in [0.717, 1.165) is 22.7 Å². The Morgan fingerprint density at radius 3 is 2.80 bits per heavy atom. The molecule has 2 N–H and O–H groups in total. The highest BCUT2D eigenvalue weighted by molar-refractivity contribution is 7.15. The lowest BCUT2D eigenvalue weighted by Crippen LogP contribution is -2.14. The van der Waals surface area contributed by atoms with Gasteiger partial charge in [0.1, 0.15) is 0 Å². The van der Waals surface area contributed by atoms with E-state index in [0.29, 0.717) is 15.7 Å². The number of anilines is 2. The molecule has 2 aromatic rings. The van der Waals surface area contributed by atoms with Crippen LogP contribution in [0.25, 0.3) is 0 Å². The van der Waals surface area contributed by atoms with E-state index in [-0.39, 0.29) is 5.91 Å². The lowest BCUT2D eigenvalue weighted by atomic mass is 10.1. The molecule has 0 radical (unpaired) electrons. The summed E-state index contributed by atoms with van der Waals surface area (Å²) in [5.41, 5.74) is 2.26. The number of carbonyl (C=O) groups excluding carboxylic acids is 1. The summed E-state index contributed by atoms with van der Waals surface area (Å²) < 4.78 is 0. The average molecular weight is 310 g/mol. The molecule has 6 heteroatoms. The number of halogens is 1. The van der Waals surface area contributed by atoms with Gasteiger partial charge in [0.2, 0.25) is 0 Å². The first-order valence-corrected chi connectivity index (χ1v) is 7.49. The van der Waals surface area contributed by atoms with Gasteiger partial charge in [-0.3, -0.25) is 10.1 Å². The number of hydrogen-bond donors (Lipinski definition) is 2. The SMILES string of the molecule is CCc1nc(NC(=O)c2cc(Cl)ccc2NC)sc1C. The van der Waals surface area contributed by atoms with E-state index >= 15 is 0 Å². The summed E-state index contributed by atoms with van der Waals surface area (Å²) in [4.78, 5) is 17.8. The fourth-order valence-electron chi connectivity index (χ4n) is 1.90. The van der Waals surface area contributed by atoms with Gasteiger partial charge in [-0.05, 0) is 31.5 Å². The van der Waals surface area contributed by atoms with Crippen LogP contribution in [0, 0.1) is 6.92 Å². The number of aromatic nitrogens is 1. The van der Waals surface area contributed by atoms with E-state index in [4.69, 9.17) is 11.6 Å². The van der Waals surface area contributed by atoms with Gasteiger partial charge in [-0.15, -0.1) is 11.3 Å². The van der Waals surface area contributed by atoms with Crippen LogP contribution in [-0.2, 0) is 6.42 Å². The van der Waals surface area contributed by atoms with Gasteiger partial charge in [-0.1, -0.05) is 18.5 Å². The first-order valence-electron chi connectivity index (χ1n) is 6.30. The summed E-state index contributed by atoms with van der Waals surface area (Å²) >= 11 is 7.43. The minimum atomic E-state index is -0.215. The summed E-state index contributed by atoms with van der Waals surface area (Å²) in [7, 11) is 1.77. The highest BCUT2D eigenvalue weighted by Crippen LogP contribution is 2.25. The quantitative estimate of drug-likeness (QED) is 0.898. The van der Waals surface area contributed by atoms with Crippen LogP contribution in [0.5, 0.6) is 0 Å². The Labute approximate surface area is 127 Å². The van der Waals surface area contributed by atoms with Crippen molar-refractivity contribution >= 4 is 39.7 Å². The zero-order valence-corrected chi connectivity index (χ0v) is 13.2. The molecule has 0 bridgehead atoms. The van der Waals surface area contributed by atoms with Gasteiger partial charge < -0.3 is 5.32 Å². The normalized spacial score (nSPS) is 10.4. The number of carbonyl (C=O) groups is 1. The van der Waals surface area contributed by atoms with E-state index in [1.807, 2.05) is 13.8 Å². The largest absolute Gasteiger partial charge is 0.387 e. The molecule has 1 heterocycles. The predicted octanol–water partition coefficient (Wildman–Crippen LogP) is 3.96. The van der Waals surface area contributed by atoms with E-state index in [2.05, 4.69) is 15.6 Å². The van der Waals surface area contributed by atoms with E-state index in [1.54, 1.807) is 25.2 Å². The van der Waals surface area contributed by atoms with Crippen molar-refractivity contribution in [3.63, 3.8) is 0 Å². The molecule has 4 nitrogen and oxygen atoms in total. The van der Waals surface area contributed by atoms with Crippen LogP contribution < -0.4 is 10.6 Å². The van der Waals surface area contributed by atoms with Crippen molar-refractivity contribution in [2.75, 3.05) is 17.7 Å². The van der Waals surface area contributed by atoms with Gasteiger partial charge in [0.05, 0.1) is 11.3 Å². The molecule has 2 rings (SSSR count). The maximum absolute atomic E-state index is 12.3. The second kappa shape index (κ2) is 6.24. The lowest BCUT2D eigenvalue weighted by molar-refractivity contribution is 0.102. The van der Waals surface area contributed by atoms with Gasteiger partial charge in [0, 0.05) is 22.6 Å². The Kier molecular flexibility index (Phi) is 4.62. The molecule has 0 unspecified atom stereocenters. The molecular weight excluding hydrogens is 294 g/mol. The van der Waals surface area contributed by atoms with E-state index < -0.39 is 0 Å². The van der Waals surface area contributed by atoms with Crippen molar-refractivity contribution in [1.29, 1.82) is 0 Å². The number of aryl methyl sites for hydroxylation is 2. The second-order valence-electron chi connectivity index (χ2n) is 4.27. The van der Waals surface area contributed by atoms with Crippen LogP contribution in [0.2, 0.25) is 5.02 Å². The maximum atomic E-state index is 12.3. The van der Waals surface area contributed by atoms with Crippen molar-refractivity contribution in [1.82, 2.24) is 4.98 Å². The Morgan fingerprint density at radius 1 is 1.45 bits per heavy atom. The van der Waals surface area contributed by atoms with Crippen molar-refractivity contribution in [3.05, 3.63) is 39.4 Å². The molecule has 0 saturated carbocycles. The van der Waals surface area contributed by atoms with Crippen LogP contribution in [-0.4, -0.2) is 17.9 Å². The number of rotatable bonds is 4. The lowest BCUT2D eigenvalue weighted by Gasteiger charge is -2.08. The molecule has 0 spiro atoms. The number of benzene rings is 1. The molecule has 0 aliphatic rings. The molecule has 20 heavy (non-hydrogen) atoms. The maximum Gasteiger partial charge on any atom is 0.259 e. The van der Waals surface area contributed by atoms with Crippen LogP contribution in [0.4, 0.5) is 10.8 Å². The third-order valence-electron chi connectivity index (χ3n) is 2.94. The third kappa shape index (κ3) is 3.11. The van der Waals surface area contributed by atoms with E-state index in [9.17, 15) is 4.79 Å². The monoisotopic (exact) mass is 309 g/mol. The Morgan fingerprint density at radius 2 is 2.20 bits per heavy atom. The number of thiazole rings is 1. The Bertz CT molecular complexity index is 639. The number of nitrogens with zero attached hydrogens (tertiary/aromatic N) is 1. The highest BCUT2D eigenvalue weighted by Gasteiger charge is 2.14. The van der Waals surface area contributed by atoms with Gasteiger partial charge in [0.15, 0.2) is 5.13 Å². The summed E-state index contributed by atoms with van der Waals surface area (Å²) in [5, 5.41) is 6.95. The van der Waals surface area contributed by atoms with Gasteiger partial charge in [-0.25, -0.2) is 4.98 Å². The summed E-state index contributed by atoms with van der Waals surface area (Å²) in [6.45, 7) is 4.05. The minimum absolute atomic E-state index is 0.215. The summed E-state index contributed by atoms with van der Waals surface area (Å²) in [5.74, 6) is -0.215. The molecule has 0 saturated heterocycles. The van der Waals surface area contributed by atoms with Crippen LogP contribution >= 0.6 is 22.9 Å². The number of amides is 1. The fraction of sp³-hybridized carbons (Fsp3) is 0.286. The topological polar surface area (TPSA) is 54.0 Å². The minimum Gasteiger partial charge on any atom is -0.387 e. The fourth-order valence-corrected chi connectivity index (χ4v) is 2.97. The van der Waals surface area contributed by atoms with Crippen LogP contribution in [0.15, 0.2) is 18.2 Å².